The molecule has 0 aliphatic heterocycles. The smallest absolute Gasteiger partial charge is 0.300 e. The van der Waals surface area contributed by atoms with Gasteiger partial charge in [-0.15, -0.1) is 12.4 Å². The van der Waals surface area contributed by atoms with E-state index in [1.165, 1.54) is 0 Å². The summed E-state index contributed by atoms with van der Waals surface area (Å²) in [5, 5.41) is 7.42. The van der Waals surface area contributed by atoms with Gasteiger partial charge in [0, 0.05) is 26.4 Å². The molecule has 0 aliphatic carbocycles. The van der Waals surface area contributed by atoms with E-state index in [0.29, 0.717) is 0 Å². The summed E-state index contributed by atoms with van der Waals surface area (Å²) in [6.07, 6.45) is 0. The Bertz CT molecular complexity index is 34.5. The third-order valence-corrected chi connectivity index (χ3v) is 0. The molecule has 0 aliphatic rings. The van der Waals surface area contributed by atoms with E-state index in [9.17, 15) is 0 Å². The van der Waals surface area contributed by atoms with Crippen molar-refractivity contribution in [2.24, 2.45) is 0 Å². The molecule has 0 amide bonds. The zero-order valence-electron chi connectivity index (χ0n) is 3.12. The maximum absolute atomic E-state index is 9.00. The van der Waals surface area contributed by atoms with E-state index < -0.39 is 5.97 Å². The van der Waals surface area contributed by atoms with Crippen LogP contribution in [0.25, 0.3) is 0 Å². The fourth-order valence-electron chi connectivity index (χ4n) is 0. The number of carbonyl (C=O) groups is 1. The van der Waals surface area contributed by atoms with E-state index in [2.05, 4.69) is 0 Å². The predicted molar refractivity (Wildman–Crippen MR) is 20.6 cm³/mol. The van der Waals surface area contributed by atoms with E-state index in [4.69, 9.17) is 9.90 Å². The van der Waals surface area contributed by atoms with Gasteiger partial charge in [0.1, 0.15) is 0 Å². The summed E-state index contributed by atoms with van der Waals surface area (Å²) in [5.74, 6) is -0.833. The molecule has 4 heteroatoms. The maximum Gasteiger partial charge on any atom is 0.300 e. The first kappa shape index (κ1) is 16.2. The Balaban J connectivity index is -0.0000000450. The molecule has 0 rings (SSSR count). The Hall–Kier alpha value is 0.383. The van der Waals surface area contributed by atoms with E-state index in [1.807, 2.05) is 0 Å². The number of carboxylic acid groups (broad SMARTS) is 1. The van der Waals surface area contributed by atoms with Crippen LogP contribution in [0.2, 0.25) is 0 Å². The summed E-state index contributed by atoms with van der Waals surface area (Å²) in [6, 6.07) is 0. The van der Waals surface area contributed by atoms with Crippen LogP contribution in [0.5, 0.6) is 0 Å². The Morgan fingerprint density at radius 3 is 1.67 bits per heavy atom. The zero-order valence-corrected chi connectivity index (χ0v) is 5.67. The van der Waals surface area contributed by atoms with Crippen molar-refractivity contribution in [3.63, 3.8) is 0 Å². The molecule has 2 nitrogen and oxygen atoms in total. The molecule has 0 fully saturated rings. The van der Waals surface area contributed by atoms with Crippen molar-refractivity contribution >= 4 is 18.4 Å². The second-order valence-corrected chi connectivity index (χ2v) is 0.519. The van der Waals surface area contributed by atoms with Gasteiger partial charge in [-0.2, -0.15) is 0 Å². The normalized spacial score (nSPS) is 4.17. The fraction of sp³-hybridized carbons (Fsp3) is 0.500. The molecule has 6 heavy (non-hydrogen) atoms. The van der Waals surface area contributed by atoms with Crippen molar-refractivity contribution in [2.45, 2.75) is 6.92 Å². The Morgan fingerprint density at radius 2 is 1.67 bits per heavy atom. The second kappa shape index (κ2) is 9.04. The summed E-state index contributed by atoms with van der Waals surface area (Å²) in [4.78, 5) is 9.00. The van der Waals surface area contributed by atoms with Gasteiger partial charge in [-0.05, 0) is 0 Å². The average Bonchev–Trinajstić information content (AvgIpc) is 0.811. The largest absolute Gasteiger partial charge is 0.481 e. The molecule has 0 aromatic carbocycles. The average molecular weight is 198 g/mol. The van der Waals surface area contributed by atoms with Crippen molar-refractivity contribution in [3.05, 3.63) is 0 Å². The van der Waals surface area contributed by atoms with Gasteiger partial charge in [0.2, 0.25) is 0 Å². The van der Waals surface area contributed by atoms with E-state index >= 15 is 0 Å². The Labute approximate surface area is 55.1 Å². The minimum absolute atomic E-state index is 0. The van der Waals surface area contributed by atoms with Crippen LogP contribution in [0.4, 0.5) is 0 Å². The summed E-state index contributed by atoms with van der Waals surface area (Å²) >= 11 is 0. The van der Waals surface area contributed by atoms with Crippen LogP contribution >= 0.6 is 12.4 Å². The zero-order chi connectivity index (χ0) is 3.58. The number of hydrogen-bond donors (Lipinski definition) is 1. The van der Waals surface area contributed by atoms with Crippen LogP contribution in [0.1, 0.15) is 6.92 Å². The summed E-state index contributed by atoms with van der Waals surface area (Å²) in [5.41, 5.74) is 0. The molecule has 40 valence electrons. The molecule has 0 spiro atoms. The molecule has 1 N–H and O–H groups in total. The van der Waals surface area contributed by atoms with Crippen molar-refractivity contribution in [2.75, 3.05) is 0 Å². The molecule has 0 radical (unpaired) electrons. The topological polar surface area (TPSA) is 37.3 Å². The van der Waals surface area contributed by atoms with E-state index in [1.54, 1.807) is 0 Å². The molecular formula is C2H5ClO2Ru. The van der Waals surface area contributed by atoms with Crippen LogP contribution in [-0.4, -0.2) is 11.1 Å². The molecule has 0 saturated heterocycles. The molecule has 0 atom stereocenters. The first-order chi connectivity index (χ1) is 1.73. The first-order valence-corrected chi connectivity index (χ1v) is 0.928. The van der Waals surface area contributed by atoms with Crippen LogP contribution < -0.4 is 0 Å². The Kier molecular flexibility index (Phi) is 24.3. The second-order valence-electron chi connectivity index (χ2n) is 0.519. The molecule has 0 aromatic heterocycles. The van der Waals surface area contributed by atoms with Crippen LogP contribution in [-0.2, 0) is 24.3 Å². The van der Waals surface area contributed by atoms with Crippen molar-refractivity contribution < 1.29 is 29.4 Å². The van der Waals surface area contributed by atoms with Gasteiger partial charge in [-0.25, -0.2) is 0 Å². The van der Waals surface area contributed by atoms with Crippen molar-refractivity contribution in [1.29, 1.82) is 0 Å². The van der Waals surface area contributed by atoms with Crippen LogP contribution in [0.3, 0.4) is 0 Å². The maximum atomic E-state index is 9.00. The van der Waals surface area contributed by atoms with E-state index in [-0.39, 0.29) is 31.9 Å². The van der Waals surface area contributed by atoms with Gasteiger partial charge >= 0.3 is 0 Å². The van der Waals surface area contributed by atoms with Gasteiger partial charge in [0.15, 0.2) is 0 Å². The van der Waals surface area contributed by atoms with Gasteiger partial charge in [0.05, 0.1) is 0 Å². The minimum Gasteiger partial charge on any atom is -0.481 e. The van der Waals surface area contributed by atoms with Gasteiger partial charge in [-0.1, -0.05) is 0 Å². The van der Waals surface area contributed by atoms with Crippen LogP contribution in [0, 0.1) is 0 Å². The number of rotatable bonds is 0. The number of carboxylic acids is 1. The molecular weight excluding hydrogens is 193 g/mol. The third-order valence-electron chi connectivity index (χ3n) is 0. The monoisotopic (exact) mass is 198 g/mol. The van der Waals surface area contributed by atoms with Crippen LogP contribution in [0.15, 0.2) is 0 Å². The summed E-state index contributed by atoms with van der Waals surface area (Å²) in [7, 11) is 0. The minimum atomic E-state index is -0.833. The van der Waals surface area contributed by atoms with Gasteiger partial charge in [0.25, 0.3) is 5.97 Å². The summed E-state index contributed by atoms with van der Waals surface area (Å²) < 4.78 is 0. The predicted octanol–water partition coefficient (Wildman–Crippen LogP) is 0.510. The number of aliphatic carboxylic acids is 1. The number of hydrogen-bond acceptors (Lipinski definition) is 1. The third kappa shape index (κ3) is 341. The number of halogens is 1. The fourth-order valence-corrected chi connectivity index (χ4v) is 0. The van der Waals surface area contributed by atoms with Crippen molar-refractivity contribution in [1.82, 2.24) is 0 Å². The molecule has 0 bridgehead atoms. The molecule has 0 saturated carbocycles. The quantitative estimate of drug-likeness (QED) is 0.575. The van der Waals surface area contributed by atoms with Gasteiger partial charge in [-0.3, -0.25) is 4.79 Å². The standard InChI is InChI=1S/C2H4O2.ClH.Ru/c1-2(3)4;;/h1H3,(H,3,4);1H;. The van der Waals surface area contributed by atoms with Gasteiger partial charge < -0.3 is 5.11 Å². The molecule has 0 heterocycles. The SMILES string of the molecule is CC(=O)O.Cl.[Ru]. The van der Waals surface area contributed by atoms with Crippen molar-refractivity contribution in [3.8, 4) is 0 Å². The van der Waals surface area contributed by atoms with E-state index in [0.717, 1.165) is 6.92 Å². The first-order valence-electron chi connectivity index (χ1n) is 0.928. The molecule has 0 aromatic rings. The summed E-state index contributed by atoms with van der Waals surface area (Å²) in [6.45, 7) is 1.08. The Morgan fingerprint density at radius 1 is 1.67 bits per heavy atom. The molecule has 0 unspecified atom stereocenters.